The van der Waals surface area contributed by atoms with E-state index in [1.807, 2.05) is 0 Å². The number of carboxylic acids is 1. The number of ether oxygens (including phenoxy) is 1. The minimum Gasteiger partial charge on any atom is -0.480 e. The van der Waals surface area contributed by atoms with Crippen molar-refractivity contribution in [2.45, 2.75) is 24.6 Å². The average Bonchev–Trinajstić information content (AvgIpc) is 3.25. The van der Waals surface area contributed by atoms with Crippen molar-refractivity contribution in [2.24, 2.45) is 4.99 Å². The number of halogens is 5. The molecule has 0 aliphatic carbocycles. The van der Waals surface area contributed by atoms with E-state index in [2.05, 4.69) is 20.0 Å². The van der Waals surface area contributed by atoms with Crippen LogP contribution in [0.4, 0.5) is 22.0 Å². The highest BCUT2D eigenvalue weighted by Crippen LogP contribution is 2.33. The van der Waals surface area contributed by atoms with E-state index in [0.717, 1.165) is 17.4 Å². The van der Waals surface area contributed by atoms with Crippen molar-refractivity contribution in [3.05, 3.63) is 27.4 Å². The molecule has 2 aliphatic rings. The number of carbonyl (C=O) groups excluding carboxylic acids is 1. The van der Waals surface area contributed by atoms with Gasteiger partial charge >= 0.3 is 18.1 Å². The molecule has 0 spiro atoms. The number of carboxylic acid groups (broad SMARTS) is 1. The number of amidine groups is 1. The summed E-state index contributed by atoms with van der Waals surface area (Å²) in [6.45, 7) is -1.55. The Morgan fingerprint density at radius 3 is 2.70 bits per heavy atom. The molecule has 30 heavy (non-hydrogen) atoms. The Balaban J connectivity index is 1.87. The molecule has 0 saturated carbocycles. The zero-order valence-corrected chi connectivity index (χ0v) is 16.1. The van der Waals surface area contributed by atoms with Gasteiger partial charge in [0.2, 0.25) is 0 Å². The molecular formula is C16H15F5N4O4S. The third-order valence-electron chi connectivity index (χ3n) is 4.47. The van der Waals surface area contributed by atoms with Gasteiger partial charge in [-0.3, -0.25) is 14.7 Å². The van der Waals surface area contributed by atoms with Crippen molar-refractivity contribution in [3.63, 3.8) is 0 Å². The van der Waals surface area contributed by atoms with E-state index < -0.39 is 55.3 Å². The maximum Gasteiger partial charge on any atom is 0.434 e. The molecule has 1 aromatic rings. The summed E-state index contributed by atoms with van der Waals surface area (Å²) in [5, 5.41) is 12.5. The molecule has 1 fully saturated rings. The molecule has 0 bridgehead atoms. The van der Waals surface area contributed by atoms with Crippen LogP contribution in [0.25, 0.3) is 0 Å². The van der Waals surface area contributed by atoms with Crippen molar-refractivity contribution >= 4 is 29.1 Å². The topological polar surface area (TPSA) is 104 Å². The largest absolute Gasteiger partial charge is 0.480 e. The Bertz CT molecular complexity index is 927. The second-order valence-electron chi connectivity index (χ2n) is 6.59. The lowest BCUT2D eigenvalue weighted by Gasteiger charge is -2.26. The van der Waals surface area contributed by atoms with Gasteiger partial charge in [0.05, 0.1) is 25.8 Å². The van der Waals surface area contributed by atoms with Crippen molar-refractivity contribution in [1.82, 2.24) is 15.2 Å². The normalized spacial score (nSPS) is 21.9. The Kier molecular flexibility index (Phi) is 5.82. The lowest BCUT2D eigenvalue weighted by atomic mass is 10.1. The van der Waals surface area contributed by atoms with E-state index in [0.29, 0.717) is 11.3 Å². The Hall–Kier alpha value is -2.61. The van der Waals surface area contributed by atoms with Gasteiger partial charge in [0, 0.05) is 24.0 Å². The van der Waals surface area contributed by atoms with Crippen molar-refractivity contribution in [3.8, 4) is 0 Å². The molecule has 0 aromatic carbocycles. The summed E-state index contributed by atoms with van der Waals surface area (Å²) < 4.78 is 70.6. The number of carbonyl (C=O) groups is 2. The molecular weight excluding hydrogens is 439 g/mol. The monoisotopic (exact) mass is 454 g/mol. The molecule has 2 N–H and O–H groups in total. The van der Waals surface area contributed by atoms with Gasteiger partial charge in [0.15, 0.2) is 16.5 Å². The van der Waals surface area contributed by atoms with Crippen LogP contribution in [0.5, 0.6) is 0 Å². The third kappa shape index (κ3) is 4.59. The SMILES string of the molecule is COC(=O)C1=C(CN2CC(F)(F)CC2C(=O)O)NC(c2nc(C(F)(F)F)cs2)=NC1. The van der Waals surface area contributed by atoms with Crippen LogP contribution in [0, 0.1) is 0 Å². The first-order valence-electron chi connectivity index (χ1n) is 8.41. The number of aromatic nitrogens is 1. The van der Waals surface area contributed by atoms with Gasteiger partial charge in [-0.15, -0.1) is 11.3 Å². The highest BCUT2D eigenvalue weighted by Gasteiger charge is 2.48. The molecule has 1 atom stereocenters. The second-order valence-corrected chi connectivity index (χ2v) is 7.45. The molecule has 0 amide bonds. The summed E-state index contributed by atoms with van der Waals surface area (Å²) in [6, 6.07) is -1.49. The standard InChI is InChI=1S/C16H15F5N4O4S/c1-29-14(28)7-3-22-11(12-24-10(5-30-12)16(19,20)21)23-8(7)4-25-6-15(17,18)2-9(25)13(26)27/h5,9H,2-4,6H2,1H3,(H,22,23)(H,26,27). The highest BCUT2D eigenvalue weighted by atomic mass is 32.1. The average molecular weight is 454 g/mol. The van der Waals surface area contributed by atoms with Gasteiger partial charge in [-0.2, -0.15) is 13.2 Å². The number of alkyl halides is 5. The number of aliphatic imine (C=N–C) groups is 1. The van der Waals surface area contributed by atoms with Crippen LogP contribution in [-0.4, -0.2) is 71.5 Å². The van der Waals surface area contributed by atoms with Crippen LogP contribution in [0.15, 0.2) is 21.6 Å². The molecule has 164 valence electrons. The number of rotatable bonds is 5. The molecule has 2 aliphatic heterocycles. The molecule has 1 saturated heterocycles. The van der Waals surface area contributed by atoms with Crippen LogP contribution in [-0.2, 0) is 20.5 Å². The van der Waals surface area contributed by atoms with E-state index in [-0.39, 0.29) is 28.7 Å². The van der Waals surface area contributed by atoms with Crippen LogP contribution in [0.3, 0.4) is 0 Å². The fourth-order valence-corrected chi connectivity index (χ4v) is 3.88. The lowest BCUT2D eigenvalue weighted by molar-refractivity contribution is -0.142. The number of hydrogen-bond acceptors (Lipinski definition) is 8. The third-order valence-corrected chi connectivity index (χ3v) is 5.32. The van der Waals surface area contributed by atoms with Gasteiger partial charge in [0.25, 0.3) is 5.92 Å². The fraction of sp³-hybridized carbons (Fsp3) is 0.500. The van der Waals surface area contributed by atoms with E-state index in [1.54, 1.807) is 0 Å². The molecule has 1 aromatic heterocycles. The van der Waals surface area contributed by atoms with Crippen LogP contribution >= 0.6 is 11.3 Å². The Morgan fingerprint density at radius 1 is 1.43 bits per heavy atom. The summed E-state index contributed by atoms with van der Waals surface area (Å²) >= 11 is 0.657. The maximum atomic E-state index is 13.8. The van der Waals surface area contributed by atoms with E-state index in [9.17, 15) is 36.6 Å². The van der Waals surface area contributed by atoms with Gasteiger partial charge in [-0.1, -0.05) is 0 Å². The van der Waals surface area contributed by atoms with Crippen molar-refractivity contribution < 1.29 is 41.4 Å². The van der Waals surface area contributed by atoms with Crippen LogP contribution in [0.2, 0.25) is 0 Å². The predicted molar refractivity (Wildman–Crippen MR) is 93.3 cm³/mol. The van der Waals surface area contributed by atoms with Crippen molar-refractivity contribution in [2.75, 3.05) is 26.7 Å². The molecule has 8 nitrogen and oxygen atoms in total. The molecule has 3 rings (SSSR count). The summed E-state index contributed by atoms with van der Waals surface area (Å²) in [6.07, 6.45) is -5.55. The quantitative estimate of drug-likeness (QED) is 0.516. The summed E-state index contributed by atoms with van der Waals surface area (Å²) in [5.41, 5.74) is -1.16. The Labute approximate surface area is 170 Å². The number of methoxy groups -OCH3 is 1. The van der Waals surface area contributed by atoms with Crippen LogP contribution < -0.4 is 5.32 Å². The van der Waals surface area contributed by atoms with Gasteiger partial charge in [0.1, 0.15) is 6.04 Å². The maximum absolute atomic E-state index is 13.8. The molecule has 3 heterocycles. The summed E-state index contributed by atoms with van der Waals surface area (Å²) in [7, 11) is 1.09. The summed E-state index contributed by atoms with van der Waals surface area (Å²) in [4.78, 5) is 31.8. The smallest absolute Gasteiger partial charge is 0.434 e. The number of aliphatic carboxylic acids is 1. The van der Waals surface area contributed by atoms with Crippen LogP contribution in [0.1, 0.15) is 17.1 Å². The van der Waals surface area contributed by atoms with Gasteiger partial charge < -0.3 is 15.2 Å². The van der Waals surface area contributed by atoms with Gasteiger partial charge in [-0.25, -0.2) is 18.6 Å². The number of nitrogens with zero attached hydrogens (tertiary/aromatic N) is 3. The number of likely N-dealkylation sites (tertiary alicyclic amines) is 1. The number of hydrogen-bond donors (Lipinski definition) is 2. The fourth-order valence-electron chi connectivity index (χ4n) is 3.09. The van der Waals surface area contributed by atoms with Crippen molar-refractivity contribution in [1.29, 1.82) is 0 Å². The van der Waals surface area contributed by atoms with E-state index in [4.69, 9.17) is 0 Å². The minimum absolute atomic E-state index is 0.0135. The number of thiazole rings is 1. The zero-order valence-electron chi connectivity index (χ0n) is 15.3. The predicted octanol–water partition coefficient (Wildman–Crippen LogP) is 1.73. The summed E-state index contributed by atoms with van der Waals surface area (Å²) in [5.74, 6) is -5.60. The minimum atomic E-state index is -4.66. The van der Waals surface area contributed by atoms with E-state index >= 15 is 0 Å². The number of esters is 1. The first-order chi connectivity index (χ1) is 13.9. The van der Waals surface area contributed by atoms with Gasteiger partial charge in [-0.05, 0) is 0 Å². The number of nitrogens with one attached hydrogen (secondary N) is 1. The first kappa shape index (κ1) is 22.1. The molecule has 14 heteroatoms. The zero-order chi connectivity index (χ0) is 22.3. The first-order valence-corrected chi connectivity index (χ1v) is 9.29. The molecule has 1 unspecified atom stereocenters. The highest BCUT2D eigenvalue weighted by molar-refractivity contribution is 7.11. The van der Waals surface area contributed by atoms with E-state index in [1.165, 1.54) is 0 Å². The molecule has 0 radical (unpaired) electrons. The second kappa shape index (κ2) is 7.91. The Morgan fingerprint density at radius 2 is 2.13 bits per heavy atom. The lowest BCUT2D eigenvalue weighted by Crippen LogP contribution is -2.43.